The third-order valence-corrected chi connectivity index (χ3v) is 10.0. The second kappa shape index (κ2) is 14.5. The molecule has 12 heteroatoms. The zero-order chi connectivity index (χ0) is 33.1. The Morgan fingerprint density at radius 1 is 1.13 bits per heavy atom. The average molecular weight is 654 g/mol. The fraction of sp³-hybridized carbons (Fsp3) is 0.686. The van der Waals surface area contributed by atoms with E-state index in [1.54, 1.807) is 4.90 Å². The maximum Gasteiger partial charge on any atom is 0.407 e. The van der Waals surface area contributed by atoms with Gasteiger partial charge in [0.1, 0.15) is 30.8 Å². The van der Waals surface area contributed by atoms with E-state index in [-0.39, 0.29) is 19.1 Å². The van der Waals surface area contributed by atoms with Crippen LogP contribution in [-0.4, -0.2) is 108 Å². The van der Waals surface area contributed by atoms with Crippen molar-refractivity contribution in [3.05, 3.63) is 29.8 Å². The highest BCUT2D eigenvalue weighted by atomic mass is 16.6. The number of rotatable bonds is 5. The second-order valence-corrected chi connectivity index (χ2v) is 14.6. The third kappa shape index (κ3) is 8.10. The van der Waals surface area contributed by atoms with Crippen LogP contribution in [-0.2, 0) is 20.7 Å². The first-order valence-electron chi connectivity index (χ1n) is 17.3. The molecule has 6 rings (SSSR count). The molecular weight excluding hydrogens is 602 g/mol. The Balaban J connectivity index is 1.32. The van der Waals surface area contributed by atoms with Crippen LogP contribution in [0.25, 0.3) is 10.9 Å². The fourth-order valence-electron chi connectivity index (χ4n) is 7.20. The van der Waals surface area contributed by atoms with Crippen LogP contribution in [0.2, 0.25) is 0 Å². The predicted molar refractivity (Wildman–Crippen MR) is 176 cm³/mol. The summed E-state index contributed by atoms with van der Waals surface area (Å²) in [7, 11) is 0. The van der Waals surface area contributed by atoms with Crippen molar-refractivity contribution >= 4 is 22.9 Å². The lowest BCUT2D eigenvalue weighted by molar-refractivity contribution is -0.128. The van der Waals surface area contributed by atoms with Crippen LogP contribution in [0.3, 0.4) is 0 Å². The summed E-state index contributed by atoms with van der Waals surface area (Å²) in [5, 5.41) is 15.6. The number of alkyl carbamates (subject to hydrolysis) is 1. The van der Waals surface area contributed by atoms with Gasteiger partial charge in [-0.1, -0.05) is 45.7 Å². The van der Waals surface area contributed by atoms with Gasteiger partial charge in [-0.25, -0.2) is 9.78 Å². The normalized spacial score (nSPS) is 30.9. The number of hydrogen-bond acceptors (Lipinski definition) is 10. The second-order valence-electron chi connectivity index (χ2n) is 14.6. The van der Waals surface area contributed by atoms with Crippen LogP contribution in [0.5, 0.6) is 11.6 Å². The summed E-state index contributed by atoms with van der Waals surface area (Å²) in [5.41, 5.74) is 7.04. The van der Waals surface area contributed by atoms with Crippen LogP contribution < -0.4 is 20.5 Å². The predicted octanol–water partition coefficient (Wildman–Crippen LogP) is 3.22. The van der Waals surface area contributed by atoms with Gasteiger partial charge in [0, 0.05) is 38.0 Å². The van der Waals surface area contributed by atoms with Crippen molar-refractivity contribution in [3.63, 3.8) is 0 Å². The number of para-hydroxylation sites is 1. The van der Waals surface area contributed by atoms with Gasteiger partial charge in [-0.2, -0.15) is 0 Å². The van der Waals surface area contributed by atoms with Crippen LogP contribution in [0, 0.1) is 11.3 Å². The molecule has 12 nitrogen and oxygen atoms in total. The molecule has 4 N–H and O–H groups in total. The Morgan fingerprint density at radius 2 is 1.91 bits per heavy atom. The molecule has 7 atom stereocenters. The van der Waals surface area contributed by atoms with Gasteiger partial charge < -0.3 is 35.1 Å². The number of nitrogens with two attached hydrogens (primary N) is 1. The number of nitrogens with zero attached hydrogens (tertiary/aromatic N) is 3. The molecule has 1 aromatic carbocycles. The lowest BCUT2D eigenvalue weighted by Crippen LogP contribution is -2.60. The Morgan fingerprint density at radius 3 is 2.68 bits per heavy atom. The Kier molecular flexibility index (Phi) is 10.4. The number of pyridine rings is 1. The number of benzene rings is 1. The minimum atomic E-state index is -1.20. The quantitative estimate of drug-likeness (QED) is 0.439. The summed E-state index contributed by atoms with van der Waals surface area (Å²) in [6, 6.07) is 6.43. The molecular formula is C35H51N5O7. The molecule has 1 saturated carbocycles. The van der Waals surface area contributed by atoms with Gasteiger partial charge in [-0.15, -0.1) is 0 Å². The Bertz CT molecular complexity index is 1410. The maximum absolute atomic E-state index is 13.0. The number of amides is 2. The van der Waals surface area contributed by atoms with E-state index in [1.807, 2.05) is 45.0 Å². The number of carbonyl (C=O) groups excluding carboxylic acids is 2. The monoisotopic (exact) mass is 653 g/mol. The van der Waals surface area contributed by atoms with Crippen molar-refractivity contribution < 1.29 is 33.6 Å². The number of aromatic nitrogens is 1. The molecule has 1 aliphatic carbocycles. The summed E-state index contributed by atoms with van der Waals surface area (Å²) in [6.07, 6.45) is 3.44. The first-order chi connectivity index (χ1) is 22.6. The van der Waals surface area contributed by atoms with Crippen LogP contribution in [0.1, 0.15) is 64.9 Å². The van der Waals surface area contributed by atoms with Gasteiger partial charge in [-0.3, -0.25) is 14.6 Å². The molecule has 2 saturated heterocycles. The van der Waals surface area contributed by atoms with E-state index in [9.17, 15) is 14.7 Å². The number of morpholine rings is 1. The van der Waals surface area contributed by atoms with E-state index >= 15 is 0 Å². The first kappa shape index (κ1) is 33.7. The highest BCUT2D eigenvalue weighted by molar-refractivity contribution is 5.87. The number of ether oxygens (including phenoxy) is 4. The van der Waals surface area contributed by atoms with Crippen molar-refractivity contribution in [1.82, 2.24) is 20.1 Å². The molecule has 2 unspecified atom stereocenters. The Hall–Kier alpha value is -3.19. The van der Waals surface area contributed by atoms with Gasteiger partial charge in [0.05, 0.1) is 36.4 Å². The van der Waals surface area contributed by atoms with E-state index in [4.69, 9.17) is 29.7 Å². The minimum absolute atomic E-state index is 0.114. The average Bonchev–Trinajstić information content (AvgIpc) is 3.62. The number of aliphatic hydroxyl groups excluding tert-OH is 1. The van der Waals surface area contributed by atoms with E-state index in [0.717, 1.165) is 93.6 Å². The lowest BCUT2D eigenvalue weighted by Gasteiger charge is -2.40. The smallest absolute Gasteiger partial charge is 0.407 e. The van der Waals surface area contributed by atoms with Gasteiger partial charge in [0.15, 0.2) is 0 Å². The van der Waals surface area contributed by atoms with Crippen molar-refractivity contribution in [3.8, 4) is 11.6 Å². The highest BCUT2D eigenvalue weighted by Crippen LogP contribution is 2.40. The summed E-state index contributed by atoms with van der Waals surface area (Å²) in [6.45, 7) is 10.6. The molecule has 2 aromatic rings. The first-order valence-corrected chi connectivity index (χ1v) is 17.3. The zero-order valence-corrected chi connectivity index (χ0v) is 28.0. The Labute approximate surface area is 277 Å². The number of carbonyl (C=O) groups is 2. The number of primary amides is 1. The van der Waals surface area contributed by atoms with Gasteiger partial charge in [-0.05, 0) is 49.1 Å². The van der Waals surface area contributed by atoms with Gasteiger partial charge in [0.2, 0.25) is 11.8 Å². The molecule has 3 fully saturated rings. The topological polar surface area (TPSA) is 149 Å². The summed E-state index contributed by atoms with van der Waals surface area (Å²) in [5.74, 6) is 1.07. The fourth-order valence-corrected chi connectivity index (χ4v) is 7.20. The van der Waals surface area contributed by atoms with E-state index in [1.165, 1.54) is 0 Å². The molecule has 258 valence electrons. The van der Waals surface area contributed by atoms with E-state index in [0.29, 0.717) is 18.4 Å². The number of hydrogen-bond donors (Lipinski definition) is 3. The maximum atomic E-state index is 13.0. The molecule has 1 aromatic heterocycles. The standard InChI is InChI=1S/C35H51N5O7/c1-35(2,3)30-33(42)40-21-23(20-27(40)31(36)41)46-32-25(11-6-4-5-9-22-19-28(22)47-34(43)38-30)29(24-10-7-8-12-26(24)37-32)45-18-15-39-13-16-44-17-14-39/h7-8,10,12,22-23,27-28,30,33,42H,4-6,9,11,13-21H2,1-3H3,(H2,36,41)(H,38,43)/t22-,23-,27+,28-,30-,33?/m1/s1. The largest absolute Gasteiger partial charge is 0.491 e. The molecule has 2 bridgehead atoms. The molecule has 4 aliphatic rings. The molecule has 3 aliphatic heterocycles. The minimum Gasteiger partial charge on any atom is -0.491 e. The van der Waals surface area contributed by atoms with Crippen LogP contribution >= 0.6 is 0 Å². The molecule has 47 heavy (non-hydrogen) atoms. The van der Waals surface area contributed by atoms with Gasteiger partial charge in [0.25, 0.3) is 0 Å². The van der Waals surface area contributed by atoms with Crippen LogP contribution in [0.15, 0.2) is 24.3 Å². The van der Waals surface area contributed by atoms with Crippen molar-refractivity contribution in [2.75, 3.05) is 46.0 Å². The molecule has 0 spiro atoms. The zero-order valence-electron chi connectivity index (χ0n) is 28.0. The van der Waals surface area contributed by atoms with E-state index < -0.39 is 41.8 Å². The van der Waals surface area contributed by atoms with Crippen molar-refractivity contribution in [1.29, 1.82) is 0 Å². The SMILES string of the molecule is CC(C)(C)[C@@H]1NC(=O)O[C@@H]2C[C@H]2CCCCCc2c(nc3ccccc3c2OCCN2CCOCC2)O[C@@H]2C[C@@H](C(N)=O)N(C2)C1O. The molecule has 4 heterocycles. The third-order valence-electron chi connectivity index (χ3n) is 10.0. The summed E-state index contributed by atoms with van der Waals surface area (Å²) < 4.78 is 24.6. The van der Waals surface area contributed by atoms with Crippen molar-refractivity contribution in [2.45, 2.75) is 96.2 Å². The van der Waals surface area contributed by atoms with Crippen LogP contribution in [0.4, 0.5) is 4.79 Å². The molecule has 2 amide bonds. The lowest BCUT2D eigenvalue weighted by atomic mass is 9.85. The highest BCUT2D eigenvalue weighted by Gasteiger charge is 2.47. The number of aliphatic hydroxyl groups is 1. The van der Waals surface area contributed by atoms with E-state index in [2.05, 4.69) is 10.2 Å². The summed E-state index contributed by atoms with van der Waals surface area (Å²) >= 11 is 0. The number of fused-ring (bicyclic) bond motifs is 5. The number of nitrogens with one attached hydrogen (secondary N) is 1. The van der Waals surface area contributed by atoms with Crippen molar-refractivity contribution in [2.24, 2.45) is 17.1 Å². The summed E-state index contributed by atoms with van der Waals surface area (Å²) in [4.78, 5) is 34.7. The molecule has 0 radical (unpaired) electrons. The van der Waals surface area contributed by atoms with Gasteiger partial charge >= 0.3 is 6.09 Å².